The fourth-order valence-corrected chi connectivity index (χ4v) is 1.67. The number of halogens is 2. The molecule has 1 atom stereocenters. The molecule has 1 aromatic carbocycles. The number of aryl methyl sites for hydroxylation is 1. The van der Waals surface area contributed by atoms with Crippen LogP contribution in [0.2, 0.25) is 0 Å². The van der Waals surface area contributed by atoms with Gasteiger partial charge < -0.3 is 4.57 Å². The molecule has 0 bridgehead atoms. The normalized spacial score (nSPS) is 12.7. The molecule has 0 aliphatic heterocycles. The molecular weight excluding hydrogens is 226 g/mol. The number of nitrogens with one attached hydrogen (secondary N) is 1. The van der Waals surface area contributed by atoms with Crippen molar-refractivity contribution in [1.29, 1.82) is 0 Å². The summed E-state index contributed by atoms with van der Waals surface area (Å²) in [6.07, 6.45) is 3.36. The van der Waals surface area contributed by atoms with Crippen LogP contribution in [0, 0.1) is 11.6 Å². The Kier molecular flexibility index (Phi) is 3.16. The maximum Gasteiger partial charge on any atom is 0.159 e. The molecule has 17 heavy (non-hydrogen) atoms. The second-order valence-corrected chi connectivity index (χ2v) is 3.67. The van der Waals surface area contributed by atoms with E-state index in [1.165, 1.54) is 6.07 Å². The van der Waals surface area contributed by atoms with Gasteiger partial charge in [0, 0.05) is 19.4 Å². The average Bonchev–Trinajstić information content (AvgIpc) is 2.71. The largest absolute Gasteiger partial charge is 0.336 e. The van der Waals surface area contributed by atoms with Crippen molar-refractivity contribution in [2.75, 3.05) is 0 Å². The van der Waals surface area contributed by atoms with Gasteiger partial charge in [-0.3, -0.25) is 5.84 Å². The molecule has 1 aromatic heterocycles. The second-order valence-electron chi connectivity index (χ2n) is 3.67. The van der Waals surface area contributed by atoms with Gasteiger partial charge in [0.1, 0.15) is 11.9 Å². The highest BCUT2D eigenvalue weighted by molar-refractivity contribution is 5.26. The quantitative estimate of drug-likeness (QED) is 0.625. The summed E-state index contributed by atoms with van der Waals surface area (Å²) in [6, 6.07) is 3.16. The van der Waals surface area contributed by atoms with Crippen LogP contribution in [0.5, 0.6) is 0 Å². The third kappa shape index (κ3) is 2.17. The van der Waals surface area contributed by atoms with E-state index in [1.807, 2.05) is 0 Å². The molecule has 3 N–H and O–H groups in total. The van der Waals surface area contributed by atoms with E-state index < -0.39 is 17.7 Å². The number of nitrogens with two attached hydrogens (primary N) is 1. The monoisotopic (exact) mass is 238 g/mol. The summed E-state index contributed by atoms with van der Waals surface area (Å²) in [5, 5.41) is 0. The molecule has 0 spiro atoms. The van der Waals surface area contributed by atoms with Crippen molar-refractivity contribution in [3.63, 3.8) is 0 Å². The summed E-state index contributed by atoms with van der Waals surface area (Å²) < 4.78 is 27.7. The van der Waals surface area contributed by atoms with Crippen molar-refractivity contribution < 1.29 is 8.78 Å². The molecule has 0 saturated heterocycles. The maximum absolute atomic E-state index is 13.1. The van der Waals surface area contributed by atoms with Crippen LogP contribution < -0.4 is 11.3 Å². The van der Waals surface area contributed by atoms with E-state index in [-0.39, 0.29) is 0 Å². The Labute approximate surface area is 97.0 Å². The van der Waals surface area contributed by atoms with Crippen molar-refractivity contribution in [2.45, 2.75) is 6.04 Å². The van der Waals surface area contributed by atoms with Gasteiger partial charge in [0.15, 0.2) is 11.6 Å². The summed E-state index contributed by atoms with van der Waals surface area (Å²) in [4.78, 5) is 4.12. The fourth-order valence-electron chi connectivity index (χ4n) is 1.67. The Morgan fingerprint density at radius 2 is 2.12 bits per heavy atom. The lowest BCUT2D eigenvalue weighted by Gasteiger charge is -2.16. The van der Waals surface area contributed by atoms with Gasteiger partial charge in [-0.05, 0) is 17.7 Å². The van der Waals surface area contributed by atoms with E-state index in [2.05, 4.69) is 10.4 Å². The second kappa shape index (κ2) is 4.60. The molecule has 90 valence electrons. The minimum absolute atomic E-state index is 0.481. The molecule has 0 fully saturated rings. The third-order valence-corrected chi connectivity index (χ3v) is 2.56. The molecule has 1 heterocycles. The number of imidazole rings is 1. The minimum Gasteiger partial charge on any atom is -0.336 e. The Morgan fingerprint density at radius 1 is 1.35 bits per heavy atom. The summed E-state index contributed by atoms with van der Waals surface area (Å²) >= 11 is 0. The van der Waals surface area contributed by atoms with Gasteiger partial charge in [-0.15, -0.1) is 0 Å². The highest BCUT2D eigenvalue weighted by Crippen LogP contribution is 2.21. The Balaban J connectivity index is 2.42. The molecule has 1 unspecified atom stereocenters. The minimum atomic E-state index is -0.906. The van der Waals surface area contributed by atoms with E-state index in [4.69, 9.17) is 5.84 Å². The summed E-state index contributed by atoms with van der Waals surface area (Å²) in [6.45, 7) is 0. The van der Waals surface area contributed by atoms with Crippen molar-refractivity contribution in [3.8, 4) is 0 Å². The third-order valence-electron chi connectivity index (χ3n) is 2.56. The molecule has 0 radical (unpaired) electrons. The van der Waals surface area contributed by atoms with E-state index >= 15 is 0 Å². The Bertz CT molecular complexity index is 524. The van der Waals surface area contributed by atoms with Crippen LogP contribution in [0.15, 0.2) is 30.6 Å². The number of benzene rings is 1. The lowest BCUT2D eigenvalue weighted by atomic mass is 10.1. The number of nitrogens with zero attached hydrogens (tertiary/aromatic N) is 2. The van der Waals surface area contributed by atoms with Gasteiger partial charge in [-0.25, -0.2) is 19.2 Å². The van der Waals surface area contributed by atoms with Gasteiger partial charge in [0.25, 0.3) is 0 Å². The predicted octanol–water partition coefficient (Wildman–Crippen LogP) is 1.25. The lowest BCUT2D eigenvalue weighted by Crippen LogP contribution is -2.30. The number of hydrogen-bond acceptors (Lipinski definition) is 3. The SMILES string of the molecule is Cn1ccnc1C(NN)c1ccc(F)c(F)c1. The molecule has 0 amide bonds. The highest BCUT2D eigenvalue weighted by Gasteiger charge is 2.18. The number of hydrazine groups is 1. The van der Waals surface area contributed by atoms with E-state index in [1.54, 1.807) is 24.0 Å². The van der Waals surface area contributed by atoms with Crippen molar-refractivity contribution in [2.24, 2.45) is 12.9 Å². The molecule has 6 heteroatoms. The first-order chi connectivity index (χ1) is 8.13. The first-order valence-corrected chi connectivity index (χ1v) is 5.01. The van der Waals surface area contributed by atoms with E-state index in [0.29, 0.717) is 11.4 Å². The van der Waals surface area contributed by atoms with Crippen LogP contribution >= 0.6 is 0 Å². The van der Waals surface area contributed by atoms with Gasteiger partial charge in [-0.2, -0.15) is 0 Å². The zero-order chi connectivity index (χ0) is 12.4. The van der Waals surface area contributed by atoms with Gasteiger partial charge in [0.2, 0.25) is 0 Å². The van der Waals surface area contributed by atoms with Gasteiger partial charge in [-0.1, -0.05) is 6.07 Å². The topological polar surface area (TPSA) is 55.9 Å². The highest BCUT2D eigenvalue weighted by atomic mass is 19.2. The molecular formula is C11H12F2N4. The smallest absolute Gasteiger partial charge is 0.159 e. The standard InChI is InChI=1S/C11H12F2N4/c1-17-5-4-15-11(17)10(16-14)7-2-3-8(12)9(13)6-7/h2-6,10,16H,14H2,1H3. The lowest BCUT2D eigenvalue weighted by molar-refractivity contribution is 0.501. The molecule has 2 aromatic rings. The summed E-state index contributed by atoms with van der Waals surface area (Å²) in [7, 11) is 1.80. The van der Waals surface area contributed by atoms with E-state index in [9.17, 15) is 8.78 Å². The number of aromatic nitrogens is 2. The maximum atomic E-state index is 13.1. The number of hydrogen-bond donors (Lipinski definition) is 2. The van der Waals surface area contributed by atoms with Crippen molar-refractivity contribution >= 4 is 0 Å². The van der Waals surface area contributed by atoms with Crippen LogP contribution in [0.3, 0.4) is 0 Å². The predicted molar refractivity (Wildman–Crippen MR) is 58.7 cm³/mol. The van der Waals surface area contributed by atoms with Crippen LogP contribution in [0.4, 0.5) is 8.78 Å². The Morgan fingerprint density at radius 3 is 2.65 bits per heavy atom. The van der Waals surface area contributed by atoms with Crippen LogP contribution in [-0.4, -0.2) is 9.55 Å². The summed E-state index contributed by atoms with van der Waals surface area (Å²) in [5.41, 5.74) is 3.05. The Hall–Kier alpha value is -1.79. The van der Waals surface area contributed by atoms with Crippen molar-refractivity contribution in [1.82, 2.24) is 15.0 Å². The zero-order valence-corrected chi connectivity index (χ0v) is 9.19. The van der Waals surface area contributed by atoms with Crippen molar-refractivity contribution in [3.05, 3.63) is 53.6 Å². The van der Waals surface area contributed by atoms with E-state index in [0.717, 1.165) is 12.1 Å². The molecule has 0 saturated carbocycles. The van der Waals surface area contributed by atoms with Crippen LogP contribution in [0.25, 0.3) is 0 Å². The molecule has 0 aliphatic carbocycles. The summed E-state index contributed by atoms with van der Waals surface area (Å²) in [5.74, 6) is 4.27. The molecule has 2 rings (SSSR count). The van der Waals surface area contributed by atoms with Gasteiger partial charge >= 0.3 is 0 Å². The van der Waals surface area contributed by atoms with Gasteiger partial charge in [0.05, 0.1) is 0 Å². The average molecular weight is 238 g/mol. The fraction of sp³-hybridized carbons (Fsp3) is 0.182. The first kappa shape index (κ1) is 11.7. The number of rotatable bonds is 3. The molecule has 4 nitrogen and oxygen atoms in total. The molecule has 0 aliphatic rings. The van der Waals surface area contributed by atoms with Crippen LogP contribution in [-0.2, 0) is 7.05 Å². The first-order valence-electron chi connectivity index (χ1n) is 5.01. The van der Waals surface area contributed by atoms with Crippen LogP contribution in [0.1, 0.15) is 17.4 Å². The zero-order valence-electron chi connectivity index (χ0n) is 9.19.